The van der Waals surface area contributed by atoms with Crippen molar-refractivity contribution >= 4 is 40.6 Å². The van der Waals surface area contributed by atoms with Crippen molar-refractivity contribution in [2.75, 3.05) is 25.4 Å². The number of aliphatic hydroxyl groups excluding tert-OH is 1. The van der Waals surface area contributed by atoms with Crippen LogP contribution in [0.1, 0.15) is 13.8 Å². The van der Waals surface area contributed by atoms with Gasteiger partial charge in [0, 0.05) is 34.9 Å². The summed E-state index contributed by atoms with van der Waals surface area (Å²) in [6.45, 7) is 6.16. The Kier molecular flexibility index (Phi) is 4.28. The molecule has 1 amide bonds. The van der Waals surface area contributed by atoms with Gasteiger partial charge < -0.3 is 20.0 Å². The lowest BCUT2D eigenvalue weighted by Crippen LogP contribution is -2.63. The van der Waals surface area contributed by atoms with E-state index in [1.54, 1.807) is 30.4 Å². The molecule has 4 atom stereocenters. The predicted molar refractivity (Wildman–Crippen MR) is 97.3 cm³/mol. The highest BCUT2D eigenvalue weighted by molar-refractivity contribution is 8.14. The first-order valence-electron chi connectivity index (χ1n) is 8.47. The fraction of sp³-hybridized carbons (Fsp3) is 0.688. The normalized spacial score (nSPS) is 33.2. The number of hydrogen-bond donors (Lipinski definition) is 2. The predicted octanol–water partition coefficient (Wildman–Crippen LogP) is 0.660. The molecule has 0 aliphatic carbocycles. The zero-order valence-corrected chi connectivity index (χ0v) is 15.7. The van der Waals surface area contributed by atoms with E-state index >= 15 is 0 Å². The molecule has 9 heteroatoms. The topological polar surface area (TPSA) is 93.4 Å². The van der Waals surface area contributed by atoms with Gasteiger partial charge in [0.05, 0.1) is 24.6 Å². The Hall–Kier alpha value is -1.19. The molecule has 0 aromatic rings. The Morgan fingerprint density at radius 1 is 1.44 bits per heavy atom. The third-order valence-corrected chi connectivity index (χ3v) is 7.78. The minimum absolute atomic E-state index is 0.0550. The molecule has 136 valence electrons. The first kappa shape index (κ1) is 17.2. The van der Waals surface area contributed by atoms with Gasteiger partial charge in [-0.2, -0.15) is 0 Å². The number of carboxylic acid groups (broad SMARTS) is 1. The molecule has 0 saturated carbocycles. The summed E-state index contributed by atoms with van der Waals surface area (Å²) < 4.78 is 0. The van der Waals surface area contributed by atoms with Crippen LogP contribution in [0.3, 0.4) is 0 Å². The van der Waals surface area contributed by atoms with Gasteiger partial charge in [-0.15, -0.1) is 11.8 Å². The van der Waals surface area contributed by atoms with E-state index in [1.165, 1.54) is 4.90 Å². The zero-order valence-electron chi connectivity index (χ0n) is 14.1. The van der Waals surface area contributed by atoms with E-state index in [1.807, 2.05) is 6.92 Å². The number of β-lactam (4-membered cyclic amide) rings is 1. The average molecular weight is 383 g/mol. The van der Waals surface area contributed by atoms with Crippen molar-refractivity contribution in [3.63, 3.8) is 0 Å². The first-order valence-corrected chi connectivity index (χ1v) is 10.3. The summed E-state index contributed by atoms with van der Waals surface area (Å²) in [5, 5.41) is 20.9. The number of aliphatic hydroxyl groups is 1. The second-order valence-corrected chi connectivity index (χ2v) is 9.33. The number of amides is 1. The van der Waals surface area contributed by atoms with Crippen LogP contribution in [0, 0.1) is 11.8 Å². The molecule has 4 heterocycles. The fourth-order valence-corrected chi connectivity index (χ4v) is 6.44. The highest BCUT2D eigenvalue weighted by atomic mass is 32.2. The van der Waals surface area contributed by atoms with Crippen molar-refractivity contribution in [1.82, 2.24) is 9.80 Å². The number of likely N-dealkylation sites (tertiary alicyclic amines) is 1. The quantitative estimate of drug-likeness (QED) is 0.689. The number of amidine groups is 1. The van der Waals surface area contributed by atoms with Gasteiger partial charge in [-0.1, -0.05) is 18.7 Å². The summed E-state index contributed by atoms with van der Waals surface area (Å²) in [7, 11) is 0. The number of carbonyl (C=O) groups excluding carboxylic acids is 1. The van der Waals surface area contributed by atoms with Gasteiger partial charge >= 0.3 is 5.97 Å². The van der Waals surface area contributed by atoms with Crippen LogP contribution in [-0.2, 0) is 9.59 Å². The smallest absolute Gasteiger partial charge is 0.353 e. The van der Waals surface area contributed by atoms with E-state index in [0.29, 0.717) is 5.25 Å². The maximum absolute atomic E-state index is 12.3. The molecule has 2 saturated heterocycles. The second kappa shape index (κ2) is 6.21. The lowest BCUT2D eigenvalue weighted by Gasteiger charge is -2.46. The third kappa shape index (κ3) is 2.59. The standard InChI is InChI=1S/C16H21N3O4S2/c1-7-11-10(8(2)20)14(21)19(11)12(15(22)23)13(7)25-9-5-18(6-9)16-17-3-4-24-16/h7-11,20H,3-6H2,1-2H3,(H,22,23)/t7-,8-,10-,11-/m1/s1. The molecule has 0 aromatic heterocycles. The van der Waals surface area contributed by atoms with Crippen LogP contribution < -0.4 is 0 Å². The molecular formula is C16H21N3O4S2. The van der Waals surface area contributed by atoms with E-state index in [9.17, 15) is 19.8 Å². The molecule has 4 aliphatic heterocycles. The number of carbonyl (C=O) groups is 2. The van der Waals surface area contributed by atoms with Gasteiger partial charge in [0.15, 0.2) is 5.17 Å². The number of carboxylic acids is 1. The van der Waals surface area contributed by atoms with Gasteiger partial charge in [0.1, 0.15) is 5.70 Å². The van der Waals surface area contributed by atoms with Gasteiger partial charge in [0.2, 0.25) is 5.91 Å². The number of thioether (sulfide) groups is 2. The molecule has 4 aliphatic rings. The highest BCUT2D eigenvalue weighted by Gasteiger charge is 2.60. The van der Waals surface area contributed by atoms with Crippen LogP contribution in [0.2, 0.25) is 0 Å². The first-order chi connectivity index (χ1) is 11.9. The Labute approximate surface area is 154 Å². The summed E-state index contributed by atoms with van der Waals surface area (Å²) in [4.78, 5) is 33.0. The summed E-state index contributed by atoms with van der Waals surface area (Å²) in [5.41, 5.74) is 0.121. The minimum Gasteiger partial charge on any atom is -0.477 e. The summed E-state index contributed by atoms with van der Waals surface area (Å²) in [6, 6.07) is -0.230. The van der Waals surface area contributed by atoms with Crippen molar-refractivity contribution < 1.29 is 19.8 Å². The van der Waals surface area contributed by atoms with Crippen molar-refractivity contribution in [3.8, 4) is 0 Å². The Morgan fingerprint density at radius 2 is 2.16 bits per heavy atom. The van der Waals surface area contributed by atoms with Crippen molar-refractivity contribution in [1.29, 1.82) is 0 Å². The molecular weight excluding hydrogens is 362 g/mol. The van der Waals surface area contributed by atoms with Crippen LogP contribution in [0.5, 0.6) is 0 Å². The maximum Gasteiger partial charge on any atom is 0.353 e. The maximum atomic E-state index is 12.3. The van der Waals surface area contributed by atoms with E-state index < -0.39 is 18.0 Å². The molecule has 0 radical (unpaired) electrons. The summed E-state index contributed by atoms with van der Waals surface area (Å²) in [5.74, 6) is -0.841. The molecule has 2 fully saturated rings. The number of fused-ring (bicyclic) bond motifs is 1. The van der Waals surface area contributed by atoms with Crippen molar-refractivity contribution in [2.45, 2.75) is 31.2 Å². The number of nitrogens with zero attached hydrogens (tertiary/aromatic N) is 3. The van der Waals surface area contributed by atoms with E-state index in [4.69, 9.17) is 0 Å². The fourth-order valence-electron chi connectivity index (χ4n) is 4.04. The Bertz CT molecular complexity index is 687. The molecule has 2 N–H and O–H groups in total. The van der Waals surface area contributed by atoms with Crippen LogP contribution in [0.4, 0.5) is 0 Å². The molecule has 0 spiro atoms. The SMILES string of the molecule is C[C@@H](O)[C@H]1C(=O)N2C(C(=O)O)=C(SC3CN(C4=NCCS4)C3)[C@H](C)[C@H]12. The van der Waals surface area contributed by atoms with Crippen molar-refractivity contribution in [2.24, 2.45) is 16.8 Å². The minimum atomic E-state index is -1.05. The van der Waals surface area contributed by atoms with Gasteiger partial charge in [0.25, 0.3) is 0 Å². The van der Waals surface area contributed by atoms with Gasteiger partial charge in [-0.25, -0.2) is 4.79 Å². The van der Waals surface area contributed by atoms with E-state index in [2.05, 4.69) is 9.89 Å². The molecule has 0 aromatic carbocycles. The Balaban J connectivity index is 1.49. The molecule has 25 heavy (non-hydrogen) atoms. The lowest BCUT2D eigenvalue weighted by molar-refractivity contribution is -0.163. The van der Waals surface area contributed by atoms with Crippen LogP contribution in [0.15, 0.2) is 15.6 Å². The zero-order chi connectivity index (χ0) is 17.9. The molecule has 7 nitrogen and oxygen atoms in total. The largest absolute Gasteiger partial charge is 0.477 e. The van der Waals surface area contributed by atoms with E-state index in [0.717, 1.165) is 35.5 Å². The number of aliphatic carboxylic acids is 1. The highest BCUT2D eigenvalue weighted by Crippen LogP contribution is 2.52. The molecule has 0 bridgehead atoms. The monoisotopic (exact) mass is 383 g/mol. The number of aliphatic imine (C=N–C) groups is 1. The Morgan fingerprint density at radius 3 is 2.72 bits per heavy atom. The summed E-state index contributed by atoms with van der Waals surface area (Å²) in [6.07, 6.45) is -0.757. The number of rotatable bonds is 4. The van der Waals surface area contributed by atoms with Crippen LogP contribution in [0.25, 0.3) is 0 Å². The van der Waals surface area contributed by atoms with Gasteiger partial charge in [-0.05, 0) is 6.92 Å². The summed E-state index contributed by atoms with van der Waals surface area (Å²) >= 11 is 3.35. The van der Waals surface area contributed by atoms with Gasteiger partial charge in [-0.3, -0.25) is 9.79 Å². The molecule has 0 unspecified atom stereocenters. The van der Waals surface area contributed by atoms with Crippen LogP contribution >= 0.6 is 23.5 Å². The average Bonchev–Trinajstić information content (AvgIpc) is 3.08. The van der Waals surface area contributed by atoms with E-state index in [-0.39, 0.29) is 23.6 Å². The second-order valence-electron chi connectivity index (χ2n) is 6.93. The molecule has 4 rings (SSSR count). The van der Waals surface area contributed by atoms with Crippen LogP contribution in [-0.4, -0.2) is 79.8 Å². The number of hydrogen-bond acceptors (Lipinski definition) is 7. The third-order valence-electron chi connectivity index (χ3n) is 5.29. The van der Waals surface area contributed by atoms with Crippen molar-refractivity contribution in [3.05, 3.63) is 10.6 Å². The lowest BCUT2D eigenvalue weighted by atomic mass is 9.79.